The average Bonchev–Trinajstić information content (AvgIpc) is 3.10. The van der Waals surface area contributed by atoms with E-state index in [1.54, 1.807) is 0 Å². The molecule has 3 rings (SSSR count). The van der Waals surface area contributed by atoms with E-state index in [4.69, 9.17) is 11.6 Å². The Morgan fingerprint density at radius 2 is 1.68 bits per heavy atom. The van der Waals surface area contributed by atoms with Crippen molar-refractivity contribution in [2.24, 2.45) is 5.92 Å². The lowest BCUT2D eigenvalue weighted by Crippen LogP contribution is -2.31. The molecule has 0 aromatic heterocycles. The van der Waals surface area contributed by atoms with Crippen molar-refractivity contribution in [2.75, 3.05) is 20.3 Å². The second kappa shape index (κ2) is 11.0. The van der Waals surface area contributed by atoms with Gasteiger partial charge in [-0.2, -0.15) is 0 Å². The van der Waals surface area contributed by atoms with Gasteiger partial charge in [-0.05, 0) is 43.0 Å². The molecular formula is C18H31ClFNO. The van der Waals surface area contributed by atoms with Crippen LogP contribution in [0.1, 0.15) is 46.1 Å². The van der Waals surface area contributed by atoms with E-state index in [2.05, 4.69) is 17.4 Å². The Balaban J connectivity index is 0.000000661. The van der Waals surface area contributed by atoms with Gasteiger partial charge in [0, 0.05) is 17.0 Å². The maximum absolute atomic E-state index is 9.86. The highest BCUT2D eigenvalue weighted by molar-refractivity contribution is 6.30. The summed E-state index contributed by atoms with van der Waals surface area (Å²) in [5, 5.41) is 14.1. The van der Waals surface area contributed by atoms with Crippen molar-refractivity contribution in [1.82, 2.24) is 5.32 Å². The molecule has 128 valence electrons. The number of rotatable bonds is 1. The van der Waals surface area contributed by atoms with Crippen LogP contribution < -0.4 is 5.32 Å². The first-order valence-electron chi connectivity index (χ1n) is 8.23. The highest BCUT2D eigenvalue weighted by atomic mass is 35.5. The molecule has 2 nitrogen and oxygen atoms in total. The van der Waals surface area contributed by atoms with E-state index < -0.39 is 0 Å². The number of aliphatic hydroxyl groups is 1. The summed E-state index contributed by atoms with van der Waals surface area (Å²) in [6.45, 7) is 10.0. The summed E-state index contributed by atoms with van der Waals surface area (Å²) in [7, 11) is 0.500. The van der Waals surface area contributed by atoms with Gasteiger partial charge < -0.3 is 10.4 Å². The molecule has 0 radical (unpaired) electrons. The molecule has 0 spiro atoms. The molecule has 22 heavy (non-hydrogen) atoms. The molecule has 1 unspecified atom stereocenters. The minimum absolute atomic E-state index is 0.136. The Morgan fingerprint density at radius 1 is 1.14 bits per heavy atom. The predicted octanol–water partition coefficient (Wildman–Crippen LogP) is 4.59. The molecule has 1 aromatic rings. The lowest BCUT2D eigenvalue weighted by Gasteiger charge is -2.29. The number of hydrogen-bond acceptors (Lipinski definition) is 2. The third-order valence-electron chi connectivity index (χ3n) is 4.19. The van der Waals surface area contributed by atoms with E-state index in [0.717, 1.165) is 31.0 Å². The van der Waals surface area contributed by atoms with Crippen molar-refractivity contribution in [3.05, 3.63) is 34.9 Å². The Kier molecular flexibility index (Phi) is 10.7. The van der Waals surface area contributed by atoms with Crippen molar-refractivity contribution in [3.8, 4) is 0 Å². The molecule has 1 aliphatic heterocycles. The van der Waals surface area contributed by atoms with Gasteiger partial charge in [0.1, 0.15) is 0 Å². The van der Waals surface area contributed by atoms with Crippen molar-refractivity contribution in [3.63, 3.8) is 0 Å². The van der Waals surface area contributed by atoms with Crippen LogP contribution in [0, 0.1) is 5.92 Å². The molecule has 2 fully saturated rings. The molecular weight excluding hydrogens is 301 g/mol. The third kappa shape index (κ3) is 4.68. The van der Waals surface area contributed by atoms with E-state index in [1.807, 2.05) is 39.8 Å². The van der Waals surface area contributed by atoms with Crippen LogP contribution in [-0.2, 0) is 5.41 Å². The molecule has 1 aliphatic carbocycles. The van der Waals surface area contributed by atoms with Gasteiger partial charge in [0.15, 0.2) is 0 Å². The van der Waals surface area contributed by atoms with Crippen LogP contribution in [0.2, 0.25) is 5.02 Å². The van der Waals surface area contributed by atoms with Gasteiger partial charge in [0.2, 0.25) is 0 Å². The van der Waals surface area contributed by atoms with Gasteiger partial charge in [-0.15, -0.1) is 0 Å². The normalized spacial score (nSPS) is 28.2. The summed E-state index contributed by atoms with van der Waals surface area (Å²) >= 11 is 5.92. The molecule has 3 atom stereocenters. The number of hydrogen-bond donors (Lipinski definition) is 2. The van der Waals surface area contributed by atoms with Gasteiger partial charge in [-0.1, -0.05) is 51.4 Å². The van der Waals surface area contributed by atoms with E-state index >= 15 is 0 Å². The molecule has 1 saturated heterocycles. The van der Waals surface area contributed by atoms with Crippen LogP contribution in [-0.4, -0.2) is 31.5 Å². The smallest absolute Gasteiger partial charge is 0.0785 e. The Bertz CT molecular complexity index is 399. The molecule has 2 N–H and O–H groups in total. The quantitative estimate of drug-likeness (QED) is 0.788. The molecule has 0 amide bonds. The van der Waals surface area contributed by atoms with Gasteiger partial charge in [0.25, 0.3) is 0 Å². The standard InChI is InChI=1S/C13H16ClNO.2C2H6.CH3F/c14-11-3-1-9(2-4-11)13-6-12(16)5-10(13)7-15-8-13;3*1-2/h1-4,10,12,15-16H,5-8H2;2*1-2H3;1H3/t10-,12?,13+;;;/m1.../s1. The second-order valence-corrected chi connectivity index (χ2v) is 5.52. The first-order valence-corrected chi connectivity index (χ1v) is 8.61. The van der Waals surface area contributed by atoms with E-state index in [9.17, 15) is 9.50 Å². The second-order valence-electron chi connectivity index (χ2n) is 5.08. The van der Waals surface area contributed by atoms with Gasteiger partial charge in [0.05, 0.1) is 13.3 Å². The number of benzene rings is 1. The number of fused-ring (bicyclic) bond motifs is 1. The predicted molar refractivity (Wildman–Crippen MR) is 94.5 cm³/mol. The van der Waals surface area contributed by atoms with Crippen molar-refractivity contribution >= 4 is 11.6 Å². The number of halogens is 2. The average molecular weight is 332 g/mol. The summed E-state index contributed by atoms with van der Waals surface area (Å²) in [4.78, 5) is 0. The Morgan fingerprint density at radius 3 is 2.23 bits per heavy atom. The van der Waals surface area contributed by atoms with Crippen LogP contribution in [0.5, 0.6) is 0 Å². The summed E-state index contributed by atoms with van der Waals surface area (Å²) in [5.41, 5.74) is 1.47. The number of alkyl halides is 1. The highest BCUT2D eigenvalue weighted by Crippen LogP contribution is 2.47. The molecule has 0 bridgehead atoms. The van der Waals surface area contributed by atoms with Crippen LogP contribution in [0.25, 0.3) is 0 Å². The Labute approximate surface area is 140 Å². The zero-order chi connectivity index (χ0) is 17.2. The first-order chi connectivity index (χ1) is 10.7. The zero-order valence-corrected chi connectivity index (χ0v) is 15.3. The Hall–Kier alpha value is -0.640. The van der Waals surface area contributed by atoms with Gasteiger partial charge in [-0.3, -0.25) is 4.39 Å². The fraction of sp³-hybridized carbons (Fsp3) is 0.667. The molecule has 1 saturated carbocycles. The van der Waals surface area contributed by atoms with Gasteiger partial charge >= 0.3 is 0 Å². The summed E-state index contributed by atoms with van der Waals surface area (Å²) in [6, 6.07) is 8.12. The van der Waals surface area contributed by atoms with Crippen molar-refractivity contribution in [2.45, 2.75) is 52.1 Å². The number of aliphatic hydroxyl groups excluding tert-OH is 1. The van der Waals surface area contributed by atoms with Crippen LogP contribution in [0.3, 0.4) is 0 Å². The first kappa shape index (κ1) is 21.4. The maximum Gasteiger partial charge on any atom is 0.0785 e. The molecule has 1 aromatic carbocycles. The SMILES string of the molecule is CC.CC.CF.OC1C[C@@H]2CNC[C@]2(c2ccc(Cl)cc2)C1. The van der Waals surface area contributed by atoms with E-state index in [0.29, 0.717) is 13.1 Å². The fourth-order valence-electron chi connectivity index (χ4n) is 3.43. The monoisotopic (exact) mass is 331 g/mol. The summed E-state index contributed by atoms with van der Waals surface area (Å²) in [5.74, 6) is 0.573. The van der Waals surface area contributed by atoms with E-state index in [1.165, 1.54) is 5.56 Å². The summed E-state index contributed by atoms with van der Waals surface area (Å²) in [6.07, 6.45) is 1.67. The highest BCUT2D eigenvalue weighted by Gasteiger charge is 2.50. The molecule has 1 heterocycles. The van der Waals surface area contributed by atoms with Crippen molar-refractivity contribution < 1.29 is 9.50 Å². The zero-order valence-electron chi connectivity index (χ0n) is 14.5. The minimum Gasteiger partial charge on any atom is -0.393 e. The van der Waals surface area contributed by atoms with Gasteiger partial charge in [-0.25, -0.2) is 0 Å². The van der Waals surface area contributed by atoms with Crippen LogP contribution in [0.15, 0.2) is 24.3 Å². The summed E-state index contributed by atoms with van der Waals surface area (Å²) < 4.78 is 9.50. The molecule has 2 aliphatic rings. The molecule has 4 heteroatoms. The van der Waals surface area contributed by atoms with E-state index in [-0.39, 0.29) is 11.5 Å². The fourth-order valence-corrected chi connectivity index (χ4v) is 3.55. The number of nitrogens with one attached hydrogen (secondary N) is 1. The van der Waals surface area contributed by atoms with Crippen LogP contribution >= 0.6 is 11.6 Å². The maximum atomic E-state index is 9.86. The third-order valence-corrected chi connectivity index (χ3v) is 4.44. The topological polar surface area (TPSA) is 32.3 Å². The minimum atomic E-state index is -0.136. The lowest BCUT2D eigenvalue weighted by atomic mass is 9.74. The lowest BCUT2D eigenvalue weighted by molar-refractivity contribution is 0.170. The van der Waals surface area contributed by atoms with Crippen LogP contribution in [0.4, 0.5) is 4.39 Å². The largest absolute Gasteiger partial charge is 0.393 e. The van der Waals surface area contributed by atoms with Crippen molar-refractivity contribution in [1.29, 1.82) is 0 Å².